The molecule has 0 saturated carbocycles. The van der Waals surface area contributed by atoms with E-state index in [9.17, 15) is 13.2 Å². The molecule has 6 nitrogen and oxygen atoms in total. The number of carbonyl (C=O) groups is 1. The van der Waals surface area contributed by atoms with E-state index in [-0.39, 0.29) is 24.0 Å². The topological polar surface area (TPSA) is 98.5 Å². The van der Waals surface area contributed by atoms with E-state index in [2.05, 4.69) is 5.32 Å². The molecule has 0 fully saturated rings. The van der Waals surface area contributed by atoms with Gasteiger partial charge < -0.3 is 15.8 Å². The molecule has 0 aromatic heterocycles. The monoisotopic (exact) mass is 266 g/mol. The van der Waals surface area contributed by atoms with Gasteiger partial charge in [0.1, 0.15) is 9.84 Å². The smallest absolute Gasteiger partial charge is 0.236 e. The molecule has 0 radical (unpaired) electrons. The Balaban J connectivity index is 3.90. The van der Waals surface area contributed by atoms with Gasteiger partial charge in [-0.2, -0.15) is 0 Å². The normalized spacial score (nSPS) is 15.3. The van der Waals surface area contributed by atoms with Crippen molar-refractivity contribution in [2.45, 2.75) is 19.4 Å². The molecular weight excluding hydrogens is 244 g/mol. The molecule has 2 unspecified atom stereocenters. The van der Waals surface area contributed by atoms with Crippen molar-refractivity contribution in [3.63, 3.8) is 0 Å². The first kappa shape index (κ1) is 16.3. The lowest BCUT2D eigenvalue weighted by Crippen LogP contribution is -2.43. The number of carbonyl (C=O) groups excluding carboxylic acids is 1. The van der Waals surface area contributed by atoms with Gasteiger partial charge in [-0.25, -0.2) is 8.42 Å². The molecule has 0 aromatic carbocycles. The highest BCUT2D eigenvalue weighted by Crippen LogP contribution is 1.96. The number of amides is 1. The van der Waals surface area contributed by atoms with Crippen LogP contribution in [-0.4, -0.2) is 52.6 Å². The number of nitrogens with two attached hydrogens (primary N) is 1. The van der Waals surface area contributed by atoms with Crippen LogP contribution in [-0.2, 0) is 19.4 Å². The molecule has 0 spiro atoms. The van der Waals surface area contributed by atoms with Gasteiger partial charge in [-0.05, 0) is 12.3 Å². The minimum Gasteiger partial charge on any atom is -0.384 e. The van der Waals surface area contributed by atoms with E-state index in [1.807, 2.05) is 6.92 Å². The van der Waals surface area contributed by atoms with E-state index >= 15 is 0 Å². The predicted molar refractivity (Wildman–Crippen MR) is 66.4 cm³/mol. The van der Waals surface area contributed by atoms with Gasteiger partial charge in [-0.3, -0.25) is 4.79 Å². The largest absolute Gasteiger partial charge is 0.384 e. The van der Waals surface area contributed by atoms with Crippen LogP contribution < -0.4 is 11.1 Å². The minimum atomic E-state index is -3.07. The fourth-order valence-electron chi connectivity index (χ4n) is 1.22. The summed E-state index contributed by atoms with van der Waals surface area (Å²) in [6, 6.07) is -0.778. The second-order valence-electron chi connectivity index (χ2n) is 4.33. The van der Waals surface area contributed by atoms with Crippen molar-refractivity contribution in [2.24, 2.45) is 11.7 Å². The number of nitrogens with one attached hydrogen (secondary N) is 1. The van der Waals surface area contributed by atoms with Gasteiger partial charge in [-0.15, -0.1) is 0 Å². The number of ether oxygens (including phenoxy) is 1. The SMILES string of the molecule is COCC(C)CNC(=O)C(N)CCS(C)(=O)=O. The second kappa shape index (κ2) is 7.62. The summed E-state index contributed by atoms with van der Waals surface area (Å²) in [5, 5.41) is 2.66. The van der Waals surface area contributed by atoms with E-state index in [0.717, 1.165) is 6.26 Å². The Labute approximate surface area is 103 Å². The number of methoxy groups -OCH3 is 1. The Morgan fingerprint density at radius 2 is 2.06 bits per heavy atom. The summed E-state index contributed by atoms with van der Waals surface area (Å²) >= 11 is 0. The van der Waals surface area contributed by atoms with Gasteiger partial charge in [0.05, 0.1) is 18.4 Å². The molecule has 102 valence electrons. The van der Waals surface area contributed by atoms with Crippen molar-refractivity contribution in [3.8, 4) is 0 Å². The lowest BCUT2D eigenvalue weighted by Gasteiger charge is -2.14. The van der Waals surface area contributed by atoms with Crippen LogP contribution in [0.5, 0.6) is 0 Å². The zero-order valence-electron chi connectivity index (χ0n) is 10.6. The van der Waals surface area contributed by atoms with Crippen molar-refractivity contribution in [2.75, 3.05) is 32.3 Å². The standard InChI is InChI=1S/C10H22N2O4S/c1-8(7-16-2)6-12-10(13)9(11)4-5-17(3,14)15/h8-9H,4-7,11H2,1-3H3,(H,12,13). The Morgan fingerprint density at radius 3 is 2.53 bits per heavy atom. The molecule has 0 bridgehead atoms. The summed E-state index contributed by atoms with van der Waals surface area (Å²) in [4.78, 5) is 11.5. The van der Waals surface area contributed by atoms with Gasteiger partial charge in [0, 0.05) is 19.9 Å². The fraction of sp³-hybridized carbons (Fsp3) is 0.900. The minimum absolute atomic E-state index is 0.0742. The molecule has 0 aliphatic carbocycles. The number of rotatable bonds is 8. The number of hydrogen-bond donors (Lipinski definition) is 2. The van der Waals surface area contributed by atoms with Crippen molar-refractivity contribution in [1.82, 2.24) is 5.32 Å². The molecule has 17 heavy (non-hydrogen) atoms. The van der Waals surface area contributed by atoms with Crippen molar-refractivity contribution < 1.29 is 17.9 Å². The summed E-state index contributed by atoms with van der Waals surface area (Å²) < 4.78 is 26.7. The Hall–Kier alpha value is -0.660. The molecule has 0 heterocycles. The summed E-state index contributed by atoms with van der Waals surface area (Å²) in [5.74, 6) is -0.197. The molecule has 3 N–H and O–H groups in total. The Morgan fingerprint density at radius 1 is 1.47 bits per heavy atom. The first-order valence-electron chi connectivity index (χ1n) is 5.46. The quantitative estimate of drug-likeness (QED) is 0.596. The van der Waals surface area contributed by atoms with Crippen LogP contribution in [0.3, 0.4) is 0 Å². The lowest BCUT2D eigenvalue weighted by atomic mass is 10.2. The number of hydrogen-bond acceptors (Lipinski definition) is 5. The van der Waals surface area contributed by atoms with Crippen LogP contribution in [0.25, 0.3) is 0 Å². The van der Waals surface area contributed by atoms with Crippen LogP contribution in [0, 0.1) is 5.92 Å². The highest BCUT2D eigenvalue weighted by molar-refractivity contribution is 7.90. The Kier molecular flexibility index (Phi) is 7.33. The predicted octanol–water partition coefficient (Wildman–Crippen LogP) is -0.853. The van der Waals surface area contributed by atoms with Crippen molar-refractivity contribution >= 4 is 15.7 Å². The molecule has 7 heteroatoms. The first-order chi connectivity index (χ1) is 7.76. The second-order valence-corrected chi connectivity index (χ2v) is 6.59. The van der Waals surface area contributed by atoms with Gasteiger partial charge in [0.25, 0.3) is 0 Å². The molecule has 0 aliphatic heterocycles. The summed E-state index contributed by atoms with van der Waals surface area (Å²) in [7, 11) is -1.48. The third kappa shape index (κ3) is 9.08. The van der Waals surface area contributed by atoms with E-state index in [1.54, 1.807) is 7.11 Å². The van der Waals surface area contributed by atoms with E-state index in [1.165, 1.54) is 0 Å². The van der Waals surface area contributed by atoms with Crippen LogP contribution in [0.15, 0.2) is 0 Å². The highest BCUT2D eigenvalue weighted by atomic mass is 32.2. The van der Waals surface area contributed by atoms with E-state index < -0.39 is 15.9 Å². The van der Waals surface area contributed by atoms with Crippen LogP contribution in [0.4, 0.5) is 0 Å². The molecule has 2 atom stereocenters. The molecule has 1 amide bonds. The van der Waals surface area contributed by atoms with Crippen molar-refractivity contribution in [1.29, 1.82) is 0 Å². The highest BCUT2D eigenvalue weighted by Gasteiger charge is 2.16. The third-order valence-corrected chi connectivity index (χ3v) is 3.19. The molecule has 0 aromatic rings. The maximum absolute atomic E-state index is 11.5. The Bertz CT molecular complexity index is 329. The fourth-order valence-corrected chi connectivity index (χ4v) is 1.90. The zero-order valence-corrected chi connectivity index (χ0v) is 11.4. The zero-order chi connectivity index (χ0) is 13.5. The van der Waals surface area contributed by atoms with Crippen molar-refractivity contribution in [3.05, 3.63) is 0 Å². The molecule has 0 rings (SSSR count). The number of sulfone groups is 1. The molecule has 0 aliphatic rings. The van der Waals surface area contributed by atoms with E-state index in [4.69, 9.17) is 10.5 Å². The average Bonchev–Trinajstić information content (AvgIpc) is 2.22. The van der Waals surface area contributed by atoms with Crippen LogP contribution in [0.1, 0.15) is 13.3 Å². The van der Waals surface area contributed by atoms with E-state index in [0.29, 0.717) is 13.2 Å². The van der Waals surface area contributed by atoms with Gasteiger partial charge in [0.15, 0.2) is 0 Å². The third-order valence-electron chi connectivity index (χ3n) is 2.21. The van der Waals surface area contributed by atoms with Crippen LogP contribution >= 0.6 is 0 Å². The maximum Gasteiger partial charge on any atom is 0.236 e. The summed E-state index contributed by atoms with van der Waals surface area (Å²) in [6.07, 6.45) is 1.27. The summed E-state index contributed by atoms with van der Waals surface area (Å²) in [5.41, 5.74) is 5.58. The molecule has 0 saturated heterocycles. The first-order valence-corrected chi connectivity index (χ1v) is 7.52. The lowest BCUT2D eigenvalue weighted by molar-refractivity contribution is -0.122. The molecular formula is C10H22N2O4S. The summed E-state index contributed by atoms with van der Waals surface area (Å²) in [6.45, 7) is 2.96. The van der Waals surface area contributed by atoms with Crippen LogP contribution in [0.2, 0.25) is 0 Å². The van der Waals surface area contributed by atoms with Gasteiger partial charge in [0.2, 0.25) is 5.91 Å². The average molecular weight is 266 g/mol. The maximum atomic E-state index is 11.5. The van der Waals surface area contributed by atoms with Gasteiger partial charge in [-0.1, -0.05) is 6.92 Å². The van der Waals surface area contributed by atoms with Gasteiger partial charge >= 0.3 is 0 Å².